The van der Waals surface area contributed by atoms with E-state index in [2.05, 4.69) is 5.32 Å². The van der Waals surface area contributed by atoms with Gasteiger partial charge in [0, 0.05) is 32.4 Å². The molecule has 116 valence electrons. The second kappa shape index (κ2) is 5.84. The van der Waals surface area contributed by atoms with E-state index >= 15 is 0 Å². The number of halogens is 2. The minimum absolute atomic E-state index is 0.222. The molecule has 0 bridgehead atoms. The van der Waals surface area contributed by atoms with Crippen molar-refractivity contribution < 1.29 is 9.59 Å². The number of fused-ring (bicyclic) bond motifs is 1. The number of ketones is 2. The van der Waals surface area contributed by atoms with Gasteiger partial charge in [0.15, 0.2) is 5.78 Å². The van der Waals surface area contributed by atoms with E-state index in [0.29, 0.717) is 32.4 Å². The second-order valence-corrected chi connectivity index (χ2v) is 6.31. The summed E-state index contributed by atoms with van der Waals surface area (Å²) in [4.78, 5) is 25.3. The number of hydrogen-bond donors (Lipinski definition) is 1. The molecule has 1 heterocycles. The van der Waals surface area contributed by atoms with E-state index in [9.17, 15) is 9.59 Å². The number of rotatable bonds is 2. The third kappa shape index (κ3) is 2.78. The fourth-order valence-corrected chi connectivity index (χ4v) is 2.90. The van der Waals surface area contributed by atoms with Gasteiger partial charge in [0.25, 0.3) is 0 Å². The first-order chi connectivity index (χ1) is 10.9. The number of carbonyl (C=O) groups is 2. The highest BCUT2D eigenvalue weighted by atomic mass is 35.5. The lowest BCUT2D eigenvalue weighted by atomic mass is 9.97. The van der Waals surface area contributed by atoms with Gasteiger partial charge in [-0.2, -0.15) is 0 Å². The molecule has 0 saturated heterocycles. The first-order valence-electron chi connectivity index (χ1n) is 7.01. The third-order valence-electron chi connectivity index (χ3n) is 3.87. The van der Waals surface area contributed by atoms with Crippen LogP contribution in [-0.4, -0.2) is 11.6 Å². The van der Waals surface area contributed by atoms with Crippen LogP contribution in [0.5, 0.6) is 0 Å². The fraction of sp³-hybridized carbons (Fsp3) is 0.111. The summed E-state index contributed by atoms with van der Waals surface area (Å²) < 4.78 is 0. The van der Waals surface area contributed by atoms with Gasteiger partial charge in [-0.25, -0.2) is 0 Å². The number of aryl methyl sites for hydroxylation is 1. The summed E-state index contributed by atoms with van der Waals surface area (Å²) in [6, 6.07) is 10.2. The number of allylic oxidation sites excluding steroid dienone is 2. The molecule has 2 aromatic carbocycles. The molecule has 1 aliphatic heterocycles. The standard InChI is InChI=1S/C18H13Cl2NO2/c1-9-3-4-11(19)7-13(9)17(22)10(2)16-18(23)14-8-12(20)5-6-15(14)21-16/h3-8,21H,1-2H3/b16-10-. The number of nitrogens with one attached hydrogen (secondary N) is 1. The van der Waals surface area contributed by atoms with Gasteiger partial charge in [-0.15, -0.1) is 0 Å². The summed E-state index contributed by atoms with van der Waals surface area (Å²) in [5, 5.41) is 3.98. The lowest BCUT2D eigenvalue weighted by molar-refractivity contribution is 0.100. The Balaban J connectivity index is 2.04. The zero-order valence-corrected chi connectivity index (χ0v) is 14.0. The first-order valence-corrected chi connectivity index (χ1v) is 7.77. The molecule has 23 heavy (non-hydrogen) atoms. The van der Waals surface area contributed by atoms with E-state index in [1.165, 1.54) is 0 Å². The summed E-state index contributed by atoms with van der Waals surface area (Å²) >= 11 is 11.9. The van der Waals surface area contributed by atoms with Gasteiger partial charge in [0.1, 0.15) is 0 Å². The summed E-state index contributed by atoms with van der Waals surface area (Å²) in [5.41, 5.74) is 3.07. The molecule has 3 nitrogen and oxygen atoms in total. The fourth-order valence-electron chi connectivity index (χ4n) is 2.56. The molecule has 0 aliphatic carbocycles. The maximum Gasteiger partial charge on any atom is 0.211 e. The quantitative estimate of drug-likeness (QED) is 0.610. The molecule has 3 rings (SSSR count). The molecule has 1 N–H and O–H groups in total. The topological polar surface area (TPSA) is 46.2 Å². The largest absolute Gasteiger partial charge is 0.351 e. The van der Waals surface area contributed by atoms with Gasteiger partial charge >= 0.3 is 0 Å². The molecule has 0 unspecified atom stereocenters. The Labute approximate surface area is 143 Å². The third-order valence-corrected chi connectivity index (χ3v) is 4.34. The van der Waals surface area contributed by atoms with Gasteiger partial charge in [0.05, 0.1) is 5.70 Å². The Bertz CT molecular complexity index is 885. The van der Waals surface area contributed by atoms with Crippen LogP contribution in [0.3, 0.4) is 0 Å². The van der Waals surface area contributed by atoms with Crippen molar-refractivity contribution in [1.82, 2.24) is 0 Å². The summed E-state index contributed by atoms with van der Waals surface area (Å²) in [7, 11) is 0. The molecule has 0 spiro atoms. The van der Waals surface area contributed by atoms with Crippen LogP contribution in [0, 0.1) is 6.92 Å². The van der Waals surface area contributed by atoms with Crippen molar-refractivity contribution in [3.8, 4) is 0 Å². The number of anilines is 1. The van der Waals surface area contributed by atoms with Crippen molar-refractivity contribution in [1.29, 1.82) is 0 Å². The van der Waals surface area contributed by atoms with E-state index in [-0.39, 0.29) is 17.3 Å². The average Bonchev–Trinajstić information content (AvgIpc) is 2.85. The van der Waals surface area contributed by atoms with Crippen LogP contribution >= 0.6 is 23.2 Å². The highest BCUT2D eigenvalue weighted by molar-refractivity contribution is 6.32. The van der Waals surface area contributed by atoms with Gasteiger partial charge in [0.2, 0.25) is 5.78 Å². The minimum Gasteiger partial charge on any atom is -0.351 e. The monoisotopic (exact) mass is 345 g/mol. The smallest absolute Gasteiger partial charge is 0.211 e. The van der Waals surface area contributed by atoms with Crippen LogP contribution in [0.1, 0.15) is 33.2 Å². The molecule has 0 fully saturated rings. The van der Waals surface area contributed by atoms with Crippen LogP contribution < -0.4 is 5.32 Å². The predicted molar refractivity (Wildman–Crippen MR) is 92.6 cm³/mol. The molecular formula is C18H13Cl2NO2. The summed E-state index contributed by atoms with van der Waals surface area (Å²) in [5.74, 6) is -0.451. The maximum absolute atomic E-state index is 12.7. The number of benzene rings is 2. The zero-order valence-electron chi connectivity index (χ0n) is 12.5. The van der Waals surface area contributed by atoms with Crippen molar-refractivity contribution in [2.45, 2.75) is 13.8 Å². The SMILES string of the molecule is C/C(C(=O)c1cc(Cl)ccc1C)=C1/Nc2ccc(Cl)cc2C1=O. The summed E-state index contributed by atoms with van der Waals surface area (Å²) in [6.45, 7) is 3.47. The Hall–Kier alpha value is -2.10. The Morgan fingerprint density at radius 1 is 1.04 bits per heavy atom. The van der Waals surface area contributed by atoms with Crippen molar-refractivity contribution in [2.24, 2.45) is 0 Å². The number of Topliss-reactive ketones (excluding diaryl/α,β-unsaturated/α-hetero) is 2. The lowest BCUT2D eigenvalue weighted by Gasteiger charge is -2.08. The molecule has 0 radical (unpaired) electrons. The normalized spacial score (nSPS) is 15.2. The molecule has 0 saturated carbocycles. The Kier molecular flexibility index (Phi) is 4.00. The van der Waals surface area contributed by atoms with Gasteiger partial charge in [-0.3, -0.25) is 9.59 Å². The van der Waals surface area contributed by atoms with E-state index in [1.807, 2.05) is 6.92 Å². The molecule has 2 aromatic rings. The highest BCUT2D eigenvalue weighted by Crippen LogP contribution is 2.32. The van der Waals surface area contributed by atoms with Crippen LogP contribution in [0.4, 0.5) is 5.69 Å². The van der Waals surface area contributed by atoms with Crippen LogP contribution in [0.2, 0.25) is 10.0 Å². The van der Waals surface area contributed by atoms with Crippen LogP contribution in [0.25, 0.3) is 0 Å². The van der Waals surface area contributed by atoms with Crippen LogP contribution in [-0.2, 0) is 0 Å². The minimum atomic E-state index is -0.229. The van der Waals surface area contributed by atoms with Crippen molar-refractivity contribution >= 4 is 40.5 Å². The van der Waals surface area contributed by atoms with Crippen molar-refractivity contribution in [3.63, 3.8) is 0 Å². The van der Waals surface area contributed by atoms with E-state index in [4.69, 9.17) is 23.2 Å². The summed E-state index contributed by atoms with van der Waals surface area (Å²) in [6.07, 6.45) is 0. The van der Waals surface area contributed by atoms with Crippen molar-refractivity contribution in [2.75, 3.05) is 5.32 Å². The Morgan fingerprint density at radius 2 is 1.70 bits per heavy atom. The molecule has 0 aromatic heterocycles. The highest BCUT2D eigenvalue weighted by Gasteiger charge is 2.29. The van der Waals surface area contributed by atoms with Gasteiger partial charge < -0.3 is 5.32 Å². The zero-order chi connectivity index (χ0) is 16.7. The van der Waals surface area contributed by atoms with E-state index in [0.717, 1.165) is 5.56 Å². The van der Waals surface area contributed by atoms with Crippen LogP contribution in [0.15, 0.2) is 47.7 Å². The number of hydrogen-bond acceptors (Lipinski definition) is 3. The maximum atomic E-state index is 12.7. The number of carbonyl (C=O) groups excluding carboxylic acids is 2. The van der Waals surface area contributed by atoms with Gasteiger partial charge in [-0.05, 0) is 49.7 Å². The van der Waals surface area contributed by atoms with E-state index < -0.39 is 0 Å². The van der Waals surface area contributed by atoms with E-state index in [1.54, 1.807) is 43.3 Å². The molecule has 0 atom stereocenters. The lowest BCUT2D eigenvalue weighted by Crippen LogP contribution is -2.12. The predicted octanol–water partition coefficient (Wildman–Crippen LogP) is 5.07. The van der Waals surface area contributed by atoms with Crippen molar-refractivity contribution in [3.05, 3.63) is 74.4 Å². The van der Waals surface area contributed by atoms with Gasteiger partial charge in [-0.1, -0.05) is 29.3 Å². The molecule has 5 heteroatoms. The Morgan fingerprint density at radius 3 is 2.43 bits per heavy atom. The average molecular weight is 346 g/mol. The molecule has 1 aliphatic rings. The second-order valence-electron chi connectivity index (χ2n) is 5.43. The first kappa shape index (κ1) is 15.8. The molecular weight excluding hydrogens is 333 g/mol. The molecule has 0 amide bonds.